The van der Waals surface area contributed by atoms with Crippen LogP contribution in [0.5, 0.6) is 0 Å². The number of nitrogens with one attached hydrogen (secondary N) is 1. The summed E-state index contributed by atoms with van der Waals surface area (Å²) < 4.78 is 26.4. The molecule has 29 heavy (non-hydrogen) atoms. The van der Waals surface area contributed by atoms with Gasteiger partial charge in [-0.15, -0.1) is 0 Å². The van der Waals surface area contributed by atoms with Gasteiger partial charge in [-0.25, -0.2) is 8.42 Å². The summed E-state index contributed by atoms with van der Waals surface area (Å²) in [7, 11) is -3.66. The fourth-order valence-electron chi connectivity index (χ4n) is 3.42. The van der Waals surface area contributed by atoms with Gasteiger partial charge in [-0.2, -0.15) is 0 Å². The molecular formula is C23H26N2O3S. The van der Waals surface area contributed by atoms with Crippen LogP contribution in [0.4, 0.5) is 11.4 Å². The summed E-state index contributed by atoms with van der Waals surface area (Å²) in [6, 6.07) is 18.1. The highest BCUT2D eigenvalue weighted by atomic mass is 32.2. The maximum absolute atomic E-state index is 13.1. The number of hydrogen-bond donors (Lipinski definition) is 1. The predicted molar refractivity (Wildman–Crippen MR) is 120 cm³/mol. The number of anilines is 2. The maximum atomic E-state index is 13.1. The van der Waals surface area contributed by atoms with E-state index in [9.17, 15) is 13.2 Å². The highest BCUT2D eigenvalue weighted by Crippen LogP contribution is 2.26. The number of benzene rings is 3. The molecule has 1 amide bonds. The number of carbonyl (C=O) groups excluding carboxylic acids is 1. The number of aryl methyl sites for hydroxylation is 2. The number of hydrogen-bond acceptors (Lipinski definition) is 3. The van der Waals surface area contributed by atoms with Gasteiger partial charge in [-0.3, -0.25) is 9.10 Å². The van der Waals surface area contributed by atoms with Crippen molar-refractivity contribution >= 4 is 38.1 Å². The van der Waals surface area contributed by atoms with E-state index < -0.39 is 16.1 Å². The van der Waals surface area contributed by atoms with Gasteiger partial charge in [-0.05, 0) is 66.4 Å². The molecule has 0 aliphatic heterocycles. The molecule has 0 fully saturated rings. The van der Waals surface area contributed by atoms with Crippen molar-refractivity contribution < 1.29 is 13.2 Å². The molecule has 152 valence electrons. The molecule has 0 bridgehead atoms. The lowest BCUT2D eigenvalue weighted by Gasteiger charge is -2.30. The zero-order valence-corrected chi connectivity index (χ0v) is 18.0. The van der Waals surface area contributed by atoms with Crippen LogP contribution in [0.25, 0.3) is 10.8 Å². The molecule has 1 N–H and O–H groups in total. The molecule has 0 aliphatic rings. The van der Waals surface area contributed by atoms with Gasteiger partial charge in [0.25, 0.3) is 0 Å². The molecule has 0 radical (unpaired) electrons. The van der Waals surface area contributed by atoms with E-state index in [4.69, 9.17) is 0 Å². The largest absolute Gasteiger partial charge is 0.324 e. The SMILES string of the molecule is CC[C@@H](C(=O)Nc1ccc2ccccc2c1)N(c1ccc(C)c(C)c1)S(C)(=O)=O. The maximum Gasteiger partial charge on any atom is 0.248 e. The van der Waals surface area contributed by atoms with Crippen LogP contribution in [0.1, 0.15) is 24.5 Å². The molecule has 0 heterocycles. The molecule has 5 nitrogen and oxygen atoms in total. The highest BCUT2D eigenvalue weighted by Gasteiger charge is 2.31. The van der Waals surface area contributed by atoms with Gasteiger partial charge >= 0.3 is 0 Å². The molecule has 0 spiro atoms. The molecule has 0 aliphatic carbocycles. The smallest absolute Gasteiger partial charge is 0.248 e. The van der Waals surface area contributed by atoms with Gasteiger partial charge in [0.2, 0.25) is 15.9 Å². The van der Waals surface area contributed by atoms with Crippen LogP contribution in [-0.4, -0.2) is 26.6 Å². The second kappa shape index (κ2) is 8.25. The van der Waals surface area contributed by atoms with Crippen molar-refractivity contribution in [2.45, 2.75) is 33.2 Å². The molecular weight excluding hydrogens is 384 g/mol. The Hall–Kier alpha value is -2.86. The molecule has 0 saturated carbocycles. The first-order valence-electron chi connectivity index (χ1n) is 9.57. The fourth-order valence-corrected chi connectivity index (χ4v) is 4.62. The minimum absolute atomic E-state index is 0.347. The van der Waals surface area contributed by atoms with Crippen molar-refractivity contribution in [3.05, 3.63) is 71.8 Å². The van der Waals surface area contributed by atoms with Crippen LogP contribution in [-0.2, 0) is 14.8 Å². The zero-order valence-electron chi connectivity index (χ0n) is 17.1. The van der Waals surface area contributed by atoms with Crippen LogP contribution in [0.15, 0.2) is 60.7 Å². The number of rotatable bonds is 6. The number of carbonyl (C=O) groups is 1. The standard InChI is InChI=1S/C23H26N2O3S/c1-5-22(25(29(4,27)28)21-13-10-16(2)17(3)14-21)23(26)24-20-12-11-18-8-6-7-9-19(18)15-20/h6-15,22H,5H2,1-4H3,(H,24,26)/t22-/m0/s1. The first kappa shape index (κ1) is 20.9. The van der Waals surface area contributed by atoms with E-state index in [0.717, 1.165) is 28.2 Å². The minimum atomic E-state index is -3.66. The van der Waals surface area contributed by atoms with E-state index in [1.807, 2.05) is 75.4 Å². The molecule has 0 aromatic heterocycles. The molecule has 1 atom stereocenters. The summed E-state index contributed by atoms with van der Waals surface area (Å²) >= 11 is 0. The average Bonchev–Trinajstić information content (AvgIpc) is 2.67. The lowest BCUT2D eigenvalue weighted by Crippen LogP contribution is -2.47. The van der Waals surface area contributed by atoms with E-state index in [2.05, 4.69) is 5.32 Å². The number of fused-ring (bicyclic) bond motifs is 1. The summed E-state index contributed by atoms with van der Waals surface area (Å²) in [5.74, 6) is -0.355. The third-order valence-electron chi connectivity index (χ3n) is 5.09. The van der Waals surface area contributed by atoms with Gasteiger partial charge in [0, 0.05) is 5.69 Å². The summed E-state index contributed by atoms with van der Waals surface area (Å²) in [6.45, 7) is 5.70. The van der Waals surface area contributed by atoms with Crippen LogP contribution in [0.2, 0.25) is 0 Å². The molecule has 6 heteroatoms. The van der Waals surface area contributed by atoms with Gasteiger partial charge < -0.3 is 5.32 Å². The van der Waals surface area contributed by atoms with Gasteiger partial charge in [-0.1, -0.05) is 43.3 Å². The van der Waals surface area contributed by atoms with Crippen LogP contribution in [0.3, 0.4) is 0 Å². The van der Waals surface area contributed by atoms with E-state index >= 15 is 0 Å². The van der Waals surface area contributed by atoms with E-state index in [0.29, 0.717) is 17.8 Å². The zero-order chi connectivity index (χ0) is 21.2. The van der Waals surface area contributed by atoms with Crippen molar-refractivity contribution in [2.24, 2.45) is 0 Å². The summed E-state index contributed by atoms with van der Waals surface area (Å²) in [5.41, 5.74) is 3.17. The minimum Gasteiger partial charge on any atom is -0.324 e. The first-order valence-corrected chi connectivity index (χ1v) is 11.4. The third kappa shape index (κ3) is 4.59. The van der Waals surface area contributed by atoms with E-state index in [1.54, 1.807) is 6.07 Å². The Morgan fingerprint density at radius 3 is 2.28 bits per heavy atom. The Morgan fingerprint density at radius 1 is 0.966 bits per heavy atom. The highest BCUT2D eigenvalue weighted by molar-refractivity contribution is 7.92. The number of sulfonamides is 1. The molecule has 3 rings (SSSR count). The predicted octanol–water partition coefficient (Wildman–Crippen LogP) is 4.64. The third-order valence-corrected chi connectivity index (χ3v) is 6.27. The van der Waals surface area contributed by atoms with E-state index in [-0.39, 0.29) is 5.91 Å². The second-order valence-corrected chi connectivity index (χ2v) is 9.16. The fraction of sp³-hybridized carbons (Fsp3) is 0.261. The Bertz CT molecular complexity index is 1160. The molecule has 0 saturated heterocycles. The molecule has 0 unspecified atom stereocenters. The van der Waals surface area contributed by atoms with Crippen LogP contribution < -0.4 is 9.62 Å². The summed E-state index contributed by atoms with van der Waals surface area (Å²) in [5, 5.41) is 4.97. The molecule has 3 aromatic rings. The quantitative estimate of drug-likeness (QED) is 0.644. The second-order valence-electron chi connectivity index (χ2n) is 7.30. The average molecular weight is 411 g/mol. The Labute approximate surface area is 172 Å². The Kier molecular flexibility index (Phi) is 5.94. The monoisotopic (exact) mass is 410 g/mol. The van der Waals surface area contributed by atoms with Crippen molar-refractivity contribution in [3.8, 4) is 0 Å². The van der Waals surface area contributed by atoms with Crippen molar-refractivity contribution in [3.63, 3.8) is 0 Å². The van der Waals surface area contributed by atoms with E-state index in [1.165, 1.54) is 4.31 Å². The van der Waals surface area contributed by atoms with Crippen molar-refractivity contribution in [1.29, 1.82) is 0 Å². The van der Waals surface area contributed by atoms with Gasteiger partial charge in [0.15, 0.2) is 0 Å². The lowest BCUT2D eigenvalue weighted by atomic mass is 10.1. The first-order chi connectivity index (χ1) is 13.7. The van der Waals surface area contributed by atoms with Gasteiger partial charge in [0.1, 0.15) is 6.04 Å². The van der Waals surface area contributed by atoms with Gasteiger partial charge in [0.05, 0.1) is 11.9 Å². The number of amides is 1. The van der Waals surface area contributed by atoms with Crippen molar-refractivity contribution in [2.75, 3.05) is 15.9 Å². The Morgan fingerprint density at radius 2 is 1.66 bits per heavy atom. The van der Waals surface area contributed by atoms with Crippen molar-refractivity contribution in [1.82, 2.24) is 0 Å². The van der Waals surface area contributed by atoms with Crippen LogP contribution in [0, 0.1) is 13.8 Å². The normalized spacial score (nSPS) is 12.6. The summed E-state index contributed by atoms with van der Waals surface area (Å²) in [4.78, 5) is 13.1. The Balaban J connectivity index is 1.94. The topological polar surface area (TPSA) is 66.5 Å². The molecule has 3 aromatic carbocycles. The number of nitrogens with zero attached hydrogens (tertiary/aromatic N) is 1. The lowest BCUT2D eigenvalue weighted by molar-refractivity contribution is -0.117. The summed E-state index contributed by atoms with van der Waals surface area (Å²) in [6.07, 6.45) is 1.48. The van der Waals surface area contributed by atoms with Crippen LogP contribution >= 0.6 is 0 Å².